The molecule has 1 heterocycles. The van der Waals surface area contributed by atoms with E-state index >= 15 is 0 Å². The van der Waals surface area contributed by atoms with E-state index in [1.54, 1.807) is 13.0 Å². The lowest BCUT2D eigenvalue weighted by Crippen LogP contribution is -2.06. The topological polar surface area (TPSA) is 49.8 Å². The van der Waals surface area contributed by atoms with Crippen molar-refractivity contribution in [3.05, 3.63) is 40.4 Å². The van der Waals surface area contributed by atoms with Crippen molar-refractivity contribution in [1.29, 1.82) is 0 Å². The van der Waals surface area contributed by atoms with Crippen LogP contribution in [0.5, 0.6) is 0 Å². The van der Waals surface area contributed by atoms with E-state index in [1.807, 2.05) is 6.07 Å². The highest BCUT2D eigenvalue weighted by Crippen LogP contribution is 2.30. The van der Waals surface area contributed by atoms with Crippen LogP contribution < -0.4 is 10.6 Å². The molecule has 0 radical (unpaired) electrons. The fourth-order valence-corrected chi connectivity index (χ4v) is 2.14. The van der Waals surface area contributed by atoms with Gasteiger partial charge in [-0.3, -0.25) is 0 Å². The van der Waals surface area contributed by atoms with Gasteiger partial charge in [-0.1, -0.05) is 13.0 Å². The van der Waals surface area contributed by atoms with Crippen molar-refractivity contribution in [2.24, 2.45) is 0 Å². The average Bonchev–Trinajstić information content (AvgIpc) is 2.44. The Hall–Kier alpha value is -1.69. The number of benzene rings is 1. The Morgan fingerprint density at radius 1 is 1.25 bits per heavy atom. The standard InChI is InChI=1S/C14H16BrFN4/c1-3-7-17-13-12(15)14(19-8-18-13)20-11-6-4-5-10(16)9(11)2/h4-6,8H,3,7H2,1-2H3,(H2,17,18,19,20). The van der Waals surface area contributed by atoms with E-state index in [1.165, 1.54) is 12.4 Å². The van der Waals surface area contributed by atoms with Gasteiger partial charge in [-0.15, -0.1) is 0 Å². The van der Waals surface area contributed by atoms with Gasteiger partial charge in [0.2, 0.25) is 0 Å². The molecule has 2 rings (SSSR count). The van der Waals surface area contributed by atoms with Crippen molar-refractivity contribution >= 4 is 33.3 Å². The maximum Gasteiger partial charge on any atom is 0.150 e. The molecule has 0 spiro atoms. The summed E-state index contributed by atoms with van der Waals surface area (Å²) >= 11 is 3.47. The van der Waals surface area contributed by atoms with Crippen LogP contribution in [0.4, 0.5) is 21.7 Å². The van der Waals surface area contributed by atoms with Gasteiger partial charge in [-0.2, -0.15) is 0 Å². The van der Waals surface area contributed by atoms with E-state index in [0.717, 1.165) is 23.3 Å². The summed E-state index contributed by atoms with van der Waals surface area (Å²) < 4.78 is 14.3. The van der Waals surface area contributed by atoms with E-state index in [-0.39, 0.29) is 5.82 Å². The summed E-state index contributed by atoms with van der Waals surface area (Å²) in [5.74, 6) is 1.08. The number of hydrogen-bond donors (Lipinski definition) is 2. The lowest BCUT2D eigenvalue weighted by Gasteiger charge is -2.13. The van der Waals surface area contributed by atoms with Crippen molar-refractivity contribution in [2.75, 3.05) is 17.2 Å². The van der Waals surface area contributed by atoms with Crippen LogP contribution in [-0.2, 0) is 0 Å². The second-order valence-electron chi connectivity index (χ2n) is 4.35. The number of aromatic nitrogens is 2. The van der Waals surface area contributed by atoms with Crippen molar-refractivity contribution in [2.45, 2.75) is 20.3 Å². The van der Waals surface area contributed by atoms with Crippen LogP contribution in [0, 0.1) is 12.7 Å². The van der Waals surface area contributed by atoms with Crippen LogP contribution in [0.25, 0.3) is 0 Å². The second kappa shape index (κ2) is 6.65. The van der Waals surface area contributed by atoms with E-state index in [0.29, 0.717) is 17.1 Å². The quantitative estimate of drug-likeness (QED) is 0.855. The van der Waals surface area contributed by atoms with Gasteiger partial charge in [0, 0.05) is 17.8 Å². The summed E-state index contributed by atoms with van der Waals surface area (Å²) in [6, 6.07) is 4.91. The molecule has 0 unspecified atom stereocenters. The molecule has 0 atom stereocenters. The summed E-state index contributed by atoms with van der Waals surface area (Å²) in [6.07, 6.45) is 2.47. The van der Waals surface area contributed by atoms with Crippen molar-refractivity contribution in [1.82, 2.24) is 9.97 Å². The fraction of sp³-hybridized carbons (Fsp3) is 0.286. The zero-order valence-corrected chi connectivity index (χ0v) is 13.0. The van der Waals surface area contributed by atoms with Crippen molar-refractivity contribution < 1.29 is 4.39 Å². The Morgan fingerprint density at radius 3 is 2.75 bits per heavy atom. The first-order chi connectivity index (χ1) is 9.63. The number of rotatable bonds is 5. The van der Waals surface area contributed by atoms with E-state index in [2.05, 4.69) is 43.5 Å². The highest BCUT2D eigenvalue weighted by molar-refractivity contribution is 9.10. The summed E-state index contributed by atoms with van der Waals surface area (Å²) in [6.45, 7) is 4.63. The first-order valence-corrected chi connectivity index (χ1v) is 7.19. The molecule has 0 saturated carbocycles. The van der Waals surface area contributed by atoms with Crippen LogP contribution >= 0.6 is 15.9 Å². The molecular weight excluding hydrogens is 323 g/mol. The molecule has 0 amide bonds. The first kappa shape index (κ1) is 14.7. The summed E-state index contributed by atoms with van der Waals surface area (Å²) in [7, 11) is 0. The Balaban J connectivity index is 2.27. The molecule has 0 bridgehead atoms. The largest absolute Gasteiger partial charge is 0.369 e. The fourth-order valence-electron chi connectivity index (χ4n) is 1.69. The highest BCUT2D eigenvalue weighted by atomic mass is 79.9. The highest BCUT2D eigenvalue weighted by Gasteiger charge is 2.10. The van der Waals surface area contributed by atoms with Gasteiger partial charge in [0.05, 0.1) is 0 Å². The zero-order chi connectivity index (χ0) is 14.5. The molecule has 0 aliphatic carbocycles. The first-order valence-electron chi connectivity index (χ1n) is 6.40. The minimum Gasteiger partial charge on any atom is -0.369 e. The maximum absolute atomic E-state index is 13.5. The summed E-state index contributed by atoms with van der Waals surface area (Å²) in [5.41, 5.74) is 1.24. The van der Waals surface area contributed by atoms with E-state index < -0.39 is 0 Å². The molecular formula is C14H16BrFN4. The smallest absolute Gasteiger partial charge is 0.150 e. The molecule has 2 N–H and O–H groups in total. The molecule has 4 nitrogen and oxygen atoms in total. The molecule has 0 aliphatic heterocycles. The van der Waals surface area contributed by atoms with Crippen molar-refractivity contribution in [3.8, 4) is 0 Å². The van der Waals surface area contributed by atoms with Crippen LogP contribution in [0.2, 0.25) is 0 Å². The average molecular weight is 339 g/mol. The minimum absolute atomic E-state index is 0.246. The van der Waals surface area contributed by atoms with Gasteiger partial charge in [-0.05, 0) is 41.4 Å². The molecule has 1 aromatic heterocycles. The van der Waals surface area contributed by atoms with Gasteiger partial charge in [0.25, 0.3) is 0 Å². The molecule has 0 fully saturated rings. The number of halogens is 2. The predicted octanol–water partition coefficient (Wildman–Crippen LogP) is 4.25. The van der Waals surface area contributed by atoms with Crippen LogP contribution in [0.3, 0.4) is 0 Å². The minimum atomic E-state index is -0.246. The Bertz CT molecular complexity index is 604. The number of hydrogen-bond acceptors (Lipinski definition) is 4. The zero-order valence-electron chi connectivity index (χ0n) is 11.4. The third-order valence-electron chi connectivity index (χ3n) is 2.85. The van der Waals surface area contributed by atoms with Gasteiger partial charge in [-0.25, -0.2) is 14.4 Å². The third kappa shape index (κ3) is 3.25. The number of nitrogens with one attached hydrogen (secondary N) is 2. The van der Waals surface area contributed by atoms with Crippen LogP contribution in [-0.4, -0.2) is 16.5 Å². The number of nitrogens with zero attached hydrogens (tertiary/aromatic N) is 2. The lowest BCUT2D eigenvalue weighted by atomic mass is 10.2. The number of anilines is 3. The molecule has 2 aromatic rings. The van der Waals surface area contributed by atoms with Crippen LogP contribution in [0.1, 0.15) is 18.9 Å². The molecule has 0 aliphatic rings. The monoisotopic (exact) mass is 338 g/mol. The predicted molar refractivity (Wildman–Crippen MR) is 82.9 cm³/mol. The van der Waals surface area contributed by atoms with Gasteiger partial charge in [0.1, 0.15) is 28.3 Å². The Kier molecular flexibility index (Phi) is 4.89. The van der Waals surface area contributed by atoms with Crippen LogP contribution in [0.15, 0.2) is 29.0 Å². The lowest BCUT2D eigenvalue weighted by molar-refractivity contribution is 0.619. The Morgan fingerprint density at radius 2 is 2.00 bits per heavy atom. The maximum atomic E-state index is 13.5. The molecule has 1 aromatic carbocycles. The Labute approximate surface area is 126 Å². The van der Waals surface area contributed by atoms with Gasteiger partial charge < -0.3 is 10.6 Å². The molecule has 0 saturated heterocycles. The van der Waals surface area contributed by atoms with Gasteiger partial charge >= 0.3 is 0 Å². The SMILES string of the molecule is CCCNc1ncnc(Nc2cccc(F)c2C)c1Br. The van der Waals surface area contributed by atoms with Gasteiger partial charge in [0.15, 0.2) is 0 Å². The molecule has 106 valence electrons. The van der Waals surface area contributed by atoms with Crippen molar-refractivity contribution in [3.63, 3.8) is 0 Å². The van der Waals surface area contributed by atoms with E-state index in [4.69, 9.17) is 0 Å². The molecule has 20 heavy (non-hydrogen) atoms. The normalized spacial score (nSPS) is 10.4. The molecule has 6 heteroatoms. The summed E-state index contributed by atoms with van der Waals surface area (Å²) in [5, 5.41) is 6.32. The second-order valence-corrected chi connectivity index (χ2v) is 5.14. The van der Waals surface area contributed by atoms with E-state index in [9.17, 15) is 4.39 Å². The summed E-state index contributed by atoms with van der Waals surface area (Å²) in [4.78, 5) is 8.36. The third-order valence-corrected chi connectivity index (χ3v) is 3.60.